The molecular formula is C17H14N2OS. The van der Waals surface area contributed by atoms with Gasteiger partial charge in [-0.25, -0.2) is 4.98 Å². The second-order valence-electron chi connectivity index (χ2n) is 4.37. The van der Waals surface area contributed by atoms with E-state index in [-0.39, 0.29) is 0 Å². The van der Waals surface area contributed by atoms with Crippen LogP contribution in [0.25, 0.3) is 0 Å². The molecule has 3 rings (SSSR count). The molecule has 3 aromatic rings. The Morgan fingerprint density at radius 2 is 1.57 bits per heavy atom. The maximum Gasteiger partial charge on any atom is 0.223 e. The second kappa shape index (κ2) is 6.90. The van der Waals surface area contributed by atoms with E-state index in [1.165, 1.54) is 5.56 Å². The Hall–Kier alpha value is -2.33. The van der Waals surface area contributed by atoms with E-state index in [0.717, 1.165) is 11.5 Å². The zero-order valence-electron chi connectivity index (χ0n) is 11.3. The average molecular weight is 294 g/mol. The van der Waals surface area contributed by atoms with E-state index < -0.39 is 0 Å². The molecule has 0 saturated carbocycles. The van der Waals surface area contributed by atoms with Crippen LogP contribution in [0.4, 0.5) is 0 Å². The molecule has 0 saturated heterocycles. The smallest absolute Gasteiger partial charge is 0.223 e. The summed E-state index contributed by atoms with van der Waals surface area (Å²) in [4.78, 5) is 8.68. The van der Waals surface area contributed by atoms with E-state index in [1.54, 1.807) is 24.0 Å². The lowest BCUT2D eigenvalue weighted by molar-refractivity contribution is 0.455. The van der Waals surface area contributed by atoms with Gasteiger partial charge in [0.1, 0.15) is 5.75 Å². The molecule has 104 valence electrons. The second-order valence-corrected chi connectivity index (χ2v) is 5.31. The average Bonchev–Trinajstić information content (AvgIpc) is 2.55. The van der Waals surface area contributed by atoms with E-state index in [1.807, 2.05) is 48.5 Å². The van der Waals surface area contributed by atoms with Crippen molar-refractivity contribution < 1.29 is 4.74 Å². The molecule has 0 unspecified atom stereocenters. The number of thioether (sulfide) groups is 1. The number of aromatic nitrogens is 2. The molecule has 0 spiro atoms. The number of hydrogen-bond acceptors (Lipinski definition) is 4. The van der Waals surface area contributed by atoms with Crippen molar-refractivity contribution >= 4 is 11.8 Å². The maximum atomic E-state index is 5.71. The molecule has 0 atom stereocenters. The number of hydrogen-bond donors (Lipinski definition) is 0. The van der Waals surface area contributed by atoms with Crippen LogP contribution >= 0.6 is 11.8 Å². The molecule has 2 aromatic carbocycles. The summed E-state index contributed by atoms with van der Waals surface area (Å²) in [6.45, 7) is 0. The molecule has 4 heteroatoms. The predicted octanol–water partition coefficient (Wildman–Crippen LogP) is 4.56. The molecule has 1 aromatic heterocycles. The molecule has 0 N–H and O–H groups in total. The summed E-state index contributed by atoms with van der Waals surface area (Å²) in [5.74, 6) is 2.18. The Bertz CT molecular complexity index is 689. The lowest BCUT2D eigenvalue weighted by Gasteiger charge is -2.05. The maximum absolute atomic E-state index is 5.71. The van der Waals surface area contributed by atoms with Gasteiger partial charge in [0.2, 0.25) is 5.88 Å². The number of nitrogens with zero attached hydrogens (tertiary/aromatic N) is 2. The number of benzene rings is 2. The van der Waals surface area contributed by atoms with Crippen LogP contribution in [0.15, 0.2) is 78.1 Å². The fourth-order valence-corrected chi connectivity index (χ4v) is 2.56. The first-order valence-corrected chi connectivity index (χ1v) is 7.61. The first kappa shape index (κ1) is 13.6. The van der Waals surface area contributed by atoms with Crippen molar-refractivity contribution in [2.24, 2.45) is 0 Å². The van der Waals surface area contributed by atoms with E-state index in [0.29, 0.717) is 11.0 Å². The van der Waals surface area contributed by atoms with E-state index >= 15 is 0 Å². The molecule has 0 aliphatic rings. The van der Waals surface area contributed by atoms with Gasteiger partial charge in [0.15, 0.2) is 5.16 Å². The summed E-state index contributed by atoms with van der Waals surface area (Å²) < 4.78 is 5.71. The first-order chi connectivity index (χ1) is 10.4. The Balaban J connectivity index is 1.66. The van der Waals surface area contributed by atoms with Gasteiger partial charge in [-0.15, -0.1) is 0 Å². The highest BCUT2D eigenvalue weighted by Crippen LogP contribution is 2.23. The minimum absolute atomic E-state index is 0.562. The van der Waals surface area contributed by atoms with E-state index in [2.05, 4.69) is 22.1 Å². The Kier molecular flexibility index (Phi) is 4.49. The molecule has 0 aliphatic heterocycles. The molecule has 21 heavy (non-hydrogen) atoms. The lowest BCUT2D eigenvalue weighted by Crippen LogP contribution is -1.92. The third kappa shape index (κ3) is 4.07. The summed E-state index contributed by atoms with van der Waals surface area (Å²) in [5, 5.41) is 0.715. The third-order valence-corrected chi connectivity index (χ3v) is 3.72. The summed E-state index contributed by atoms with van der Waals surface area (Å²) in [7, 11) is 0. The van der Waals surface area contributed by atoms with Crippen molar-refractivity contribution in [1.29, 1.82) is 0 Å². The van der Waals surface area contributed by atoms with Crippen molar-refractivity contribution in [1.82, 2.24) is 9.97 Å². The Morgan fingerprint density at radius 3 is 2.33 bits per heavy atom. The highest BCUT2D eigenvalue weighted by molar-refractivity contribution is 7.98. The summed E-state index contributed by atoms with van der Waals surface area (Å²) in [6, 6.07) is 21.7. The summed E-state index contributed by atoms with van der Waals surface area (Å²) >= 11 is 1.60. The monoisotopic (exact) mass is 294 g/mol. The van der Waals surface area contributed by atoms with Crippen LogP contribution in [0.2, 0.25) is 0 Å². The van der Waals surface area contributed by atoms with Crippen molar-refractivity contribution in [3.63, 3.8) is 0 Å². The van der Waals surface area contributed by atoms with E-state index in [4.69, 9.17) is 4.74 Å². The zero-order valence-corrected chi connectivity index (χ0v) is 12.2. The molecule has 0 amide bonds. The van der Waals surface area contributed by atoms with Crippen molar-refractivity contribution in [3.8, 4) is 11.6 Å². The minimum Gasteiger partial charge on any atom is -0.439 e. The minimum atomic E-state index is 0.562. The van der Waals surface area contributed by atoms with Gasteiger partial charge in [-0.2, -0.15) is 4.98 Å². The lowest BCUT2D eigenvalue weighted by atomic mass is 10.2. The molecule has 1 heterocycles. The quantitative estimate of drug-likeness (QED) is 0.510. The zero-order chi connectivity index (χ0) is 14.3. The third-order valence-electron chi connectivity index (χ3n) is 2.78. The van der Waals surface area contributed by atoms with Gasteiger partial charge in [0, 0.05) is 18.0 Å². The van der Waals surface area contributed by atoms with Gasteiger partial charge in [0.05, 0.1) is 0 Å². The van der Waals surface area contributed by atoms with Gasteiger partial charge in [-0.3, -0.25) is 0 Å². The summed E-state index contributed by atoms with van der Waals surface area (Å²) in [6.07, 6.45) is 1.72. The fourth-order valence-electron chi connectivity index (χ4n) is 1.78. The molecule has 0 fully saturated rings. The molecular weight excluding hydrogens is 280 g/mol. The van der Waals surface area contributed by atoms with Crippen LogP contribution in [0.3, 0.4) is 0 Å². The van der Waals surface area contributed by atoms with Crippen LogP contribution in [-0.2, 0) is 5.75 Å². The van der Waals surface area contributed by atoms with Crippen LogP contribution in [0.1, 0.15) is 5.56 Å². The van der Waals surface area contributed by atoms with Crippen molar-refractivity contribution in [2.45, 2.75) is 10.9 Å². The Morgan fingerprint density at radius 1 is 0.857 bits per heavy atom. The molecule has 0 aliphatic carbocycles. The topological polar surface area (TPSA) is 35.0 Å². The highest BCUT2D eigenvalue weighted by atomic mass is 32.2. The van der Waals surface area contributed by atoms with Gasteiger partial charge in [0.25, 0.3) is 0 Å². The predicted molar refractivity (Wildman–Crippen MR) is 84.6 cm³/mol. The van der Waals surface area contributed by atoms with Crippen LogP contribution in [-0.4, -0.2) is 9.97 Å². The number of para-hydroxylation sites is 1. The molecule has 3 nitrogen and oxygen atoms in total. The van der Waals surface area contributed by atoms with Crippen molar-refractivity contribution in [3.05, 3.63) is 78.5 Å². The highest BCUT2D eigenvalue weighted by Gasteiger charge is 2.03. The van der Waals surface area contributed by atoms with Crippen LogP contribution in [0.5, 0.6) is 11.6 Å². The molecule has 0 radical (unpaired) electrons. The van der Waals surface area contributed by atoms with Crippen LogP contribution < -0.4 is 4.74 Å². The van der Waals surface area contributed by atoms with Gasteiger partial charge in [-0.05, 0) is 17.7 Å². The van der Waals surface area contributed by atoms with Gasteiger partial charge < -0.3 is 4.74 Å². The first-order valence-electron chi connectivity index (χ1n) is 6.63. The summed E-state index contributed by atoms with van der Waals surface area (Å²) in [5.41, 5.74) is 1.25. The van der Waals surface area contributed by atoms with Gasteiger partial charge in [-0.1, -0.05) is 60.3 Å². The number of ether oxygens (including phenoxy) is 1. The Labute approximate surface area is 128 Å². The normalized spacial score (nSPS) is 10.3. The molecule has 0 bridgehead atoms. The van der Waals surface area contributed by atoms with Crippen LogP contribution in [0, 0.1) is 0 Å². The number of rotatable bonds is 5. The SMILES string of the molecule is c1ccc(CSc2nccc(Oc3ccccc3)n2)cc1. The van der Waals surface area contributed by atoms with E-state index in [9.17, 15) is 0 Å². The van der Waals surface area contributed by atoms with Gasteiger partial charge >= 0.3 is 0 Å². The largest absolute Gasteiger partial charge is 0.439 e. The van der Waals surface area contributed by atoms with Crippen molar-refractivity contribution in [2.75, 3.05) is 0 Å². The standard InChI is InChI=1S/C17H14N2OS/c1-3-7-14(8-4-1)13-21-17-18-12-11-16(19-17)20-15-9-5-2-6-10-15/h1-12H,13H2. The fraction of sp³-hybridized carbons (Fsp3) is 0.0588.